The molecule has 1 rings (SSSR count). The number of hydrogen-bond donors (Lipinski definition) is 1. The maximum atomic E-state index is 5.77. The fraction of sp³-hybridized carbons (Fsp3) is 1.00. The maximum Gasteiger partial charge on any atom is 0.0235 e. The second kappa shape index (κ2) is 4.96. The van der Waals surface area contributed by atoms with Crippen LogP contribution in [0.3, 0.4) is 0 Å². The summed E-state index contributed by atoms with van der Waals surface area (Å²) in [4.78, 5) is 2.45. The van der Waals surface area contributed by atoms with Crippen LogP contribution < -0.4 is 5.73 Å². The summed E-state index contributed by atoms with van der Waals surface area (Å²) in [6.45, 7) is 3.48. The molecule has 2 N–H and O–H groups in total. The molecule has 0 aromatic heterocycles. The van der Waals surface area contributed by atoms with Crippen molar-refractivity contribution in [3.63, 3.8) is 0 Å². The molecule has 0 bridgehead atoms. The number of alkyl halides is 1. The molecule has 1 heterocycles. The Morgan fingerprint density at radius 3 is 2.55 bits per heavy atom. The Labute approximate surface area is 73.7 Å². The lowest BCUT2D eigenvalue weighted by atomic mass is 10.1. The maximum absolute atomic E-state index is 5.77. The minimum atomic E-state index is 0.447. The van der Waals surface area contributed by atoms with Gasteiger partial charge in [0.25, 0.3) is 0 Å². The third-order valence-electron chi connectivity index (χ3n) is 2.24. The van der Waals surface area contributed by atoms with Gasteiger partial charge in [-0.3, -0.25) is 0 Å². The first-order valence-electron chi connectivity index (χ1n) is 4.37. The number of likely N-dealkylation sites (tertiary alicyclic amines) is 1. The fourth-order valence-corrected chi connectivity index (χ4v) is 1.58. The molecule has 0 saturated carbocycles. The summed E-state index contributed by atoms with van der Waals surface area (Å²) in [5, 5.41) is 0. The van der Waals surface area contributed by atoms with Gasteiger partial charge in [-0.1, -0.05) is 0 Å². The number of piperidine rings is 1. The van der Waals surface area contributed by atoms with Crippen LogP contribution in [-0.4, -0.2) is 36.5 Å². The predicted molar refractivity (Wildman–Crippen MR) is 49.0 cm³/mol. The summed E-state index contributed by atoms with van der Waals surface area (Å²) in [6.07, 6.45) is 3.42. The Bertz CT molecular complexity index is 97.5. The van der Waals surface area contributed by atoms with Crippen molar-refractivity contribution in [3.05, 3.63) is 0 Å². The standard InChI is InChI=1S/C8H17ClN2/c9-4-1-5-11-6-2-8(10)3-7-11/h8H,1-7,10H2. The molecule has 0 unspecified atom stereocenters. The van der Waals surface area contributed by atoms with Crippen molar-refractivity contribution >= 4 is 11.6 Å². The monoisotopic (exact) mass is 176 g/mol. The van der Waals surface area contributed by atoms with Gasteiger partial charge in [0.1, 0.15) is 0 Å². The molecule has 66 valence electrons. The summed E-state index contributed by atoms with van der Waals surface area (Å²) >= 11 is 5.60. The molecule has 1 fully saturated rings. The van der Waals surface area contributed by atoms with Crippen LogP contribution in [0.4, 0.5) is 0 Å². The molecule has 1 aliphatic heterocycles. The zero-order valence-electron chi connectivity index (χ0n) is 6.93. The molecule has 0 radical (unpaired) electrons. The summed E-state index contributed by atoms with van der Waals surface area (Å²) < 4.78 is 0. The van der Waals surface area contributed by atoms with E-state index in [1.54, 1.807) is 0 Å². The lowest BCUT2D eigenvalue weighted by Crippen LogP contribution is -2.40. The van der Waals surface area contributed by atoms with Crippen LogP contribution in [0.1, 0.15) is 19.3 Å². The number of nitrogens with zero attached hydrogens (tertiary/aromatic N) is 1. The van der Waals surface area contributed by atoms with Gasteiger partial charge in [0, 0.05) is 11.9 Å². The summed E-state index contributed by atoms with van der Waals surface area (Å²) in [5.41, 5.74) is 5.77. The second-order valence-corrected chi connectivity index (χ2v) is 3.60. The highest BCUT2D eigenvalue weighted by Crippen LogP contribution is 2.08. The summed E-state index contributed by atoms with van der Waals surface area (Å²) in [5.74, 6) is 0.780. The second-order valence-electron chi connectivity index (χ2n) is 3.22. The Morgan fingerprint density at radius 2 is 2.00 bits per heavy atom. The number of rotatable bonds is 3. The van der Waals surface area contributed by atoms with Gasteiger partial charge in [-0.2, -0.15) is 0 Å². The molecule has 0 amide bonds. The van der Waals surface area contributed by atoms with E-state index in [2.05, 4.69) is 4.90 Å². The largest absolute Gasteiger partial charge is 0.328 e. The van der Waals surface area contributed by atoms with Crippen LogP contribution in [-0.2, 0) is 0 Å². The molecule has 0 aromatic rings. The zero-order chi connectivity index (χ0) is 8.10. The van der Waals surface area contributed by atoms with Crippen LogP contribution in [0.5, 0.6) is 0 Å². The molecule has 0 atom stereocenters. The Kier molecular flexibility index (Phi) is 4.20. The highest BCUT2D eigenvalue weighted by atomic mass is 35.5. The van der Waals surface area contributed by atoms with E-state index in [-0.39, 0.29) is 0 Å². The number of hydrogen-bond acceptors (Lipinski definition) is 2. The van der Waals surface area contributed by atoms with Crippen molar-refractivity contribution in [3.8, 4) is 0 Å². The van der Waals surface area contributed by atoms with E-state index in [9.17, 15) is 0 Å². The lowest BCUT2D eigenvalue weighted by molar-refractivity contribution is 0.214. The van der Waals surface area contributed by atoms with Gasteiger partial charge in [0.15, 0.2) is 0 Å². The molecule has 0 aliphatic carbocycles. The van der Waals surface area contributed by atoms with E-state index in [1.807, 2.05) is 0 Å². The first-order chi connectivity index (χ1) is 5.33. The minimum Gasteiger partial charge on any atom is -0.328 e. The molecular formula is C8H17ClN2. The van der Waals surface area contributed by atoms with Crippen LogP contribution in [0, 0.1) is 0 Å². The Balaban J connectivity index is 2.07. The fourth-order valence-electron chi connectivity index (χ4n) is 1.46. The average molecular weight is 177 g/mol. The van der Waals surface area contributed by atoms with E-state index in [0.29, 0.717) is 6.04 Å². The number of nitrogens with two attached hydrogens (primary N) is 1. The highest BCUT2D eigenvalue weighted by molar-refractivity contribution is 6.17. The van der Waals surface area contributed by atoms with E-state index < -0.39 is 0 Å². The van der Waals surface area contributed by atoms with Crippen molar-refractivity contribution in [2.24, 2.45) is 5.73 Å². The lowest BCUT2D eigenvalue weighted by Gasteiger charge is -2.29. The average Bonchev–Trinajstić information content (AvgIpc) is 2.04. The number of halogens is 1. The third-order valence-corrected chi connectivity index (χ3v) is 2.51. The molecule has 11 heavy (non-hydrogen) atoms. The van der Waals surface area contributed by atoms with Crippen LogP contribution in [0.25, 0.3) is 0 Å². The molecule has 2 nitrogen and oxygen atoms in total. The van der Waals surface area contributed by atoms with Crippen molar-refractivity contribution < 1.29 is 0 Å². The highest BCUT2D eigenvalue weighted by Gasteiger charge is 2.14. The molecule has 0 aromatic carbocycles. The zero-order valence-corrected chi connectivity index (χ0v) is 7.69. The van der Waals surface area contributed by atoms with Gasteiger partial charge < -0.3 is 10.6 Å². The molecule has 1 saturated heterocycles. The van der Waals surface area contributed by atoms with Gasteiger partial charge in [0.05, 0.1) is 0 Å². The van der Waals surface area contributed by atoms with Crippen LogP contribution in [0.2, 0.25) is 0 Å². The van der Waals surface area contributed by atoms with Gasteiger partial charge >= 0.3 is 0 Å². The van der Waals surface area contributed by atoms with E-state index in [4.69, 9.17) is 17.3 Å². The quantitative estimate of drug-likeness (QED) is 0.652. The topological polar surface area (TPSA) is 29.3 Å². The normalized spacial score (nSPS) is 22.4. The van der Waals surface area contributed by atoms with Crippen molar-refractivity contribution in [2.75, 3.05) is 25.5 Å². The predicted octanol–water partition coefficient (Wildman–Crippen LogP) is 1.04. The van der Waals surface area contributed by atoms with Crippen LogP contribution in [0.15, 0.2) is 0 Å². The first kappa shape index (κ1) is 9.30. The van der Waals surface area contributed by atoms with Crippen LogP contribution >= 0.6 is 11.6 Å². The molecule has 1 aliphatic rings. The van der Waals surface area contributed by atoms with E-state index in [1.165, 1.54) is 0 Å². The summed E-state index contributed by atoms with van der Waals surface area (Å²) in [7, 11) is 0. The Morgan fingerprint density at radius 1 is 1.36 bits per heavy atom. The van der Waals surface area contributed by atoms with Crippen molar-refractivity contribution in [1.82, 2.24) is 4.90 Å². The van der Waals surface area contributed by atoms with Gasteiger partial charge in [-0.05, 0) is 38.9 Å². The van der Waals surface area contributed by atoms with Crippen molar-refractivity contribution in [2.45, 2.75) is 25.3 Å². The smallest absolute Gasteiger partial charge is 0.0235 e. The van der Waals surface area contributed by atoms with Crippen molar-refractivity contribution in [1.29, 1.82) is 0 Å². The summed E-state index contributed by atoms with van der Waals surface area (Å²) in [6, 6.07) is 0.447. The molecular weight excluding hydrogens is 160 g/mol. The minimum absolute atomic E-state index is 0.447. The van der Waals surface area contributed by atoms with E-state index in [0.717, 1.165) is 44.8 Å². The molecule has 3 heteroatoms. The first-order valence-corrected chi connectivity index (χ1v) is 4.90. The van der Waals surface area contributed by atoms with Gasteiger partial charge in [0.2, 0.25) is 0 Å². The van der Waals surface area contributed by atoms with E-state index >= 15 is 0 Å². The van der Waals surface area contributed by atoms with Gasteiger partial charge in [-0.15, -0.1) is 11.6 Å². The Hall–Kier alpha value is 0.210. The van der Waals surface area contributed by atoms with Gasteiger partial charge in [-0.25, -0.2) is 0 Å². The molecule has 0 spiro atoms. The third kappa shape index (κ3) is 3.41. The SMILES string of the molecule is NC1CCN(CCCCl)CC1.